The molecule has 4 aliphatic rings. The summed E-state index contributed by atoms with van der Waals surface area (Å²) in [5, 5.41) is 8.26. The first-order chi connectivity index (χ1) is 15.2. The lowest BCUT2D eigenvalue weighted by molar-refractivity contribution is -0.149. The Morgan fingerprint density at radius 3 is 2.22 bits per heavy atom. The highest BCUT2D eigenvalue weighted by Gasteiger charge is 2.52. The smallest absolute Gasteiger partial charge is 0.417 e. The van der Waals surface area contributed by atoms with Crippen LogP contribution in [-0.2, 0) is 21.1 Å². The second-order valence-electron chi connectivity index (χ2n) is 9.92. The van der Waals surface area contributed by atoms with E-state index in [9.17, 15) is 13.2 Å². The van der Waals surface area contributed by atoms with Gasteiger partial charge < -0.3 is 13.9 Å². The fourth-order valence-corrected chi connectivity index (χ4v) is 5.91. The van der Waals surface area contributed by atoms with Crippen molar-refractivity contribution in [3.05, 3.63) is 35.7 Å². The molecule has 1 aromatic heterocycles. The van der Waals surface area contributed by atoms with Crippen LogP contribution in [0.15, 0.2) is 28.7 Å². The van der Waals surface area contributed by atoms with Crippen LogP contribution in [0.5, 0.6) is 0 Å². The van der Waals surface area contributed by atoms with Gasteiger partial charge in [0.1, 0.15) is 0 Å². The molecule has 1 saturated heterocycles. The predicted octanol–water partition coefficient (Wildman–Crippen LogP) is 6.28. The quantitative estimate of drug-likeness (QED) is 0.518. The van der Waals surface area contributed by atoms with Crippen LogP contribution in [0.1, 0.15) is 76.2 Å². The van der Waals surface area contributed by atoms with Crippen molar-refractivity contribution < 1.29 is 27.1 Å². The van der Waals surface area contributed by atoms with Gasteiger partial charge in [-0.15, -0.1) is 10.2 Å². The molecule has 3 saturated carbocycles. The van der Waals surface area contributed by atoms with Crippen molar-refractivity contribution in [1.82, 2.24) is 10.2 Å². The van der Waals surface area contributed by atoms with E-state index in [0.717, 1.165) is 63.9 Å². The normalized spacial score (nSPS) is 29.5. The Labute approximate surface area is 185 Å². The molecule has 2 bridgehead atoms. The molecule has 1 aliphatic heterocycles. The highest BCUT2D eigenvalue weighted by molar-refractivity contribution is 5.59. The van der Waals surface area contributed by atoms with Gasteiger partial charge in [0.25, 0.3) is 0 Å². The van der Waals surface area contributed by atoms with Crippen molar-refractivity contribution >= 4 is 0 Å². The van der Waals surface area contributed by atoms with Crippen LogP contribution in [-0.4, -0.2) is 29.2 Å². The number of aromatic nitrogens is 2. The summed E-state index contributed by atoms with van der Waals surface area (Å²) in [6.07, 6.45) is 4.75. The third kappa shape index (κ3) is 3.96. The summed E-state index contributed by atoms with van der Waals surface area (Å²) in [6.45, 7) is 3.36. The van der Waals surface area contributed by atoms with Crippen molar-refractivity contribution in [2.45, 2.75) is 82.1 Å². The maximum Gasteiger partial charge on any atom is 0.417 e. The first-order valence-corrected chi connectivity index (χ1v) is 11.5. The van der Waals surface area contributed by atoms with Crippen LogP contribution >= 0.6 is 0 Å². The van der Waals surface area contributed by atoms with Crippen LogP contribution in [0.2, 0.25) is 0 Å². The molecule has 0 amide bonds. The summed E-state index contributed by atoms with van der Waals surface area (Å²) in [6, 6.07) is 5.37. The van der Waals surface area contributed by atoms with Crippen molar-refractivity contribution in [3.8, 4) is 11.5 Å². The number of fused-ring (bicyclic) bond motifs is 3. The van der Waals surface area contributed by atoms with E-state index < -0.39 is 17.5 Å². The predicted molar refractivity (Wildman–Crippen MR) is 111 cm³/mol. The lowest BCUT2D eigenvalue weighted by atomic mass is 9.52. The number of nitrogens with zero attached hydrogens (tertiary/aromatic N) is 2. The van der Waals surface area contributed by atoms with Crippen molar-refractivity contribution in [3.63, 3.8) is 0 Å². The molecule has 0 spiro atoms. The number of hydrogen-bond donors (Lipinski definition) is 0. The largest absolute Gasteiger partial charge is 0.420 e. The lowest BCUT2D eigenvalue weighted by Crippen LogP contribution is -2.44. The van der Waals surface area contributed by atoms with Crippen LogP contribution < -0.4 is 0 Å². The van der Waals surface area contributed by atoms with Gasteiger partial charge in [-0.05, 0) is 75.8 Å². The molecule has 0 atom stereocenters. The Hall–Kier alpha value is -1.93. The Morgan fingerprint density at radius 1 is 0.906 bits per heavy atom. The van der Waals surface area contributed by atoms with E-state index in [4.69, 9.17) is 13.9 Å². The second kappa shape index (κ2) is 7.83. The fourth-order valence-electron chi connectivity index (χ4n) is 5.91. The molecule has 1 aromatic carbocycles. The SMILES string of the molecule is CC1(CCCC23CCC(c4nnc(-c5ccccc5C(F)(F)F)o4)(CC2)CC3)OCCO1. The maximum absolute atomic E-state index is 13.4. The zero-order valence-electron chi connectivity index (χ0n) is 18.3. The first-order valence-electron chi connectivity index (χ1n) is 11.5. The van der Waals surface area contributed by atoms with Gasteiger partial charge >= 0.3 is 6.18 Å². The average molecular weight is 451 g/mol. The molecule has 32 heavy (non-hydrogen) atoms. The third-order valence-electron chi connectivity index (χ3n) is 7.98. The van der Waals surface area contributed by atoms with Gasteiger partial charge in [-0.3, -0.25) is 0 Å². The molecule has 0 N–H and O–H groups in total. The Kier molecular flexibility index (Phi) is 5.36. The molecular formula is C24H29F3N2O3. The summed E-state index contributed by atoms with van der Waals surface area (Å²) >= 11 is 0. The highest BCUT2D eigenvalue weighted by atomic mass is 19.4. The van der Waals surface area contributed by atoms with E-state index in [1.807, 2.05) is 6.92 Å². The lowest BCUT2D eigenvalue weighted by Gasteiger charge is -2.52. The number of ether oxygens (including phenoxy) is 2. The summed E-state index contributed by atoms with van der Waals surface area (Å²) in [5.74, 6) is 0.0175. The number of rotatable bonds is 6. The molecule has 4 fully saturated rings. The summed E-state index contributed by atoms with van der Waals surface area (Å²) in [5.41, 5.74) is -0.671. The molecule has 6 rings (SSSR count). The highest BCUT2D eigenvalue weighted by Crippen LogP contribution is 2.59. The summed E-state index contributed by atoms with van der Waals surface area (Å²) in [7, 11) is 0. The number of benzene rings is 1. The maximum atomic E-state index is 13.4. The third-order valence-corrected chi connectivity index (χ3v) is 7.98. The molecule has 2 heterocycles. The van der Waals surface area contributed by atoms with Crippen LogP contribution in [0.4, 0.5) is 13.2 Å². The molecule has 8 heteroatoms. The Morgan fingerprint density at radius 2 is 1.56 bits per heavy atom. The average Bonchev–Trinajstić information content (AvgIpc) is 3.45. The van der Waals surface area contributed by atoms with Crippen LogP contribution in [0.25, 0.3) is 11.5 Å². The van der Waals surface area contributed by atoms with Crippen molar-refractivity contribution in [1.29, 1.82) is 0 Å². The van der Waals surface area contributed by atoms with Gasteiger partial charge in [0.15, 0.2) is 5.79 Å². The van der Waals surface area contributed by atoms with E-state index >= 15 is 0 Å². The zero-order valence-corrected chi connectivity index (χ0v) is 18.3. The van der Waals surface area contributed by atoms with Gasteiger partial charge in [0, 0.05) is 11.8 Å². The summed E-state index contributed by atoms with van der Waals surface area (Å²) < 4.78 is 57.6. The number of halogens is 3. The minimum Gasteiger partial charge on any atom is -0.420 e. The standard InChI is InChI=1S/C24H29F3N2O3/c1-21(30-15-16-31-21)7-4-8-22-9-12-23(13-10-22,14-11-22)20-29-28-19(32-20)17-5-2-3-6-18(17)24(25,26)27/h2-3,5-6H,4,7-16H2,1H3. The minimum atomic E-state index is -4.47. The van der Waals surface area contributed by atoms with Gasteiger partial charge in [-0.25, -0.2) is 0 Å². The fraction of sp³-hybridized carbons (Fsp3) is 0.667. The Bertz CT molecular complexity index is 941. The Balaban J connectivity index is 1.26. The first kappa shape index (κ1) is 21.9. The molecule has 0 unspecified atom stereocenters. The van der Waals surface area contributed by atoms with Gasteiger partial charge in [0.05, 0.1) is 24.3 Å². The molecular weight excluding hydrogens is 421 g/mol. The van der Waals surface area contributed by atoms with E-state index in [2.05, 4.69) is 10.2 Å². The van der Waals surface area contributed by atoms with Crippen LogP contribution in [0, 0.1) is 5.41 Å². The molecule has 174 valence electrons. The molecule has 3 aliphatic carbocycles. The van der Waals surface area contributed by atoms with Crippen molar-refractivity contribution in [2.24, 2.45) is 5.41 Å². The van der Waals surface area contributed by atoms with Gasteiger partial charge in [-0.2, -0.15) is 13.2 Å². The molecule has 2 aromatic rings. The zero-order chi connectivity index (χ0) is 22.5. The number of hydrogen-bond acceptors (Lipinski definition) is 5. The van der Waals surface area contributed by atoms with E-state index in [1.54, 1.807) is 6.07 Å². The monoisotopic (exact) mass is 450 g/mol. The summed E-state index contributed by atoms with van der Waals surface area (Å²) in [4.78, 5) is 0. The van der Waals surface area contributed by atoms with Gasteiger partial charge in [0.2, 0.25) is 11.8 Å². The van der Waals surface area contributed by atoms with E-state index in [0.29, 0.717) is 24.5 Å². The van der Waals surface area contributed by atoms with E-state index in [-0.39, 0.29) is 16.9 Å². The van der Waals surface area contributed by atoms with Crippen molar-refractivity contribution in [2.75, 3.05) is 13.2 Å². The van der Waals surface area contributed by atoms with E-state index in [1.165, 1.54) is 12.1 Å². The molecule has 0 radical (unpaired) electrons. The number of alkyl halides is 3. The molecule has 5 nitrogen and oxygen atoms in total. The van der Waals surface area contributed by atoms with Crippen LogP contribution in [0.3, 0.4) is 0 Å². The topological polar surface area (TPSA) is 57.4 Å². The van der Waals surface area contributed by atoms with Gasteiger partial charge in [-0.1, -0.05) is 12.1 Å². The minimum absolute atomic E-state index is 0.0467. The second-order valence-corrected chi connectivity index (χ2v) is 9.92.